The number of hydrogen-bond acceptors (Lipinski definition) is 6. The molecule has 0 aliphatic heterocycles. The molecule has 0 aliphatic carbocycles. The number of carbonyl (C=O) groups excluding carboxylic acids is 3. The molecule has 0 saturated heterocycles. The third-order valence-corrected chi connectivity index (χ3v) is 13.0. The lowest BCUT2D eigenvalue weighted by Gasteiger charge is -2.18. The van der Waals surface area contributed by atoms with Crippen LogP contribution in [-0.2, 0) is 28.6 Å². The Hall–Kier alpha value is -3.67. The quantitative estimate of drug-likeness (QED) is 0.0261. The molecule has 0 amide bonds. The van der Waals surface area contributed by atoms with E-state index in [0.717, 1.165) is 116 Å². The summed E-state index contributed by atoms with van der Waals surface area (Å²) in [6.45, 7) is 6.50. The Morgan fingerprint density at radius 1 is 0.288 bits per heavy atom. The zero-order valence-electron chi connectivity index (χ0n) is 47.9. The van der Waals surface area contributed by atoms with Crippen LogP contribution in [0.2, 0.25) is 0 Å². The number of esters is 3. The van der Waals surface area contributed by atoms with Crippen molar-refractivity contribution in [2.45, 2.75) is 297 Å². The van der Waals surface area contributed by atoms with Gasteiger partial charge < -0.3 is 14.2 Å². The summed E-state index contributed by atoms with van der Waals surface area (Å²) in [5, 5.41) is 0. The second kappa shape index (κ2) is 60.9. The minimum Gasteiger partial charge on any atom is -0.462 e. The van der Waals surface area contributed by atoms with E-state index in [1.165, 1.54) is 135 Å². The molecule has 73 heavy (non-hydrogen) atoms. The molecular formula is C67H114O6. The molecular weight excluding hydrogens is 901 g/mol. The zero-order chi connectivity index (χ0) is 52.9. The van der Waals surface area contributed by atoms with Crippen LogP contribution in [0.3, 0.4) is 0 Å². The van der Waals surface area contributed by atoms with Crippen molar-refractivity contribution in [1.82, 2.24) is 0 Å². The Morgan fingerprint density at radius 2 is 0.534 bits per heavy atom. The molecule has 418 valence electrons. The second-order valence-corrected chi connectivity index (χ2v) is 20.2. The average Bonchev–Trinajstić information content (AvgIpc) is 3.39. The van der Waals surface area contributed by atoms with Crippen molar-refractivity contribution in [2.24, 2.45) is 0 Å². The molecule has 0 aromatic rings. The van der Waals surface area contributed by atoms with Crippen LogP contribution < -0.4 is 0 Å². The third-order valence-electron chi connectivity index (χ3n) is 13.0. The molecule has 0 bridgehead atoms. The van der Waals surface area contributed by atoms with Gasteiger partial charge in [0.15, 0.2) is 6.10 Å². The van der Waals surface area contributed by atoms with E-state index in [9.17, 15) is 14.4 Å². The molecule has 1 unspecified atom stereocenters. The van der Waals surface area contributed by atoms with E-state index in [-0.39, 0.29) is 31.1 Å². The van der Waals surface area contributed by atoms with Gasteiger partial charge in [-0.15, -0.1) is 0 Å². The largest absolute Gasteiger partial charge is 0.462 e. The van der Waals surface area contributed by atoms with Crippen LogP contribution in [0, 0.1) is 0 Å². The Labute approximate surface area is 451 Å². The highest BCUT2D eigenvalue weighted by Gasteiger charge is 2.19. The summed E-state index contributed by atoms with van der Waals surface area (Å²) in [6.07, 6.45) is 81.1. The van der Waals surface area contributed by atoms with Crippen molar-refractivity contribution < 1.29 is 28.6 Å². The summed E-state index contributed by atoms with van der Waals surface area (Å²) >= 11 is 0. The lowest BCUT2D eigenvalue weighted by atomic mass is 10.1. The molecule has 0 N–H and O–H groups in total. The highest BCUT2D eigenvalue weighted by molar-refractivity contribution is 5.71. The molecule has 1 atom stereocenters. The van der Waals surface area contributed by atoms with E-state index >= 15 is 0 Å². The number of ether oxygens (including phenoxy) is 3. The molecule has 0 aromatic heterocycles. The van der Waals surface area contributed by atoms with Crippen molar-refractivity contribution in [2.75, 3.05) is 13.2 Å². The van der Waals surface area contributed by atoms with Crippen LogP contribution >= 0.6 is 0 Å². The molecule has 0 radical (unpaired) electrons. The highest BCUT2D eigenvalue weighted by Crippen LogP contribution is 2.15. The third kappa shape index (κ3) is 59.1. The first kappa shape index (κ1) is 69.3. The SMILES string of the molecule is CC/C=C\C/C=C\C/C=C\C/C=C\C/C=C\CCCCCCCCCC(=O)OCC(COC(=O)CCCCCCC/C=C\CCCCCCC)OC(=O)CCCCCCCCC/C=C\C/C=C\CCCCCC. The monoisotopic (exact) mass is 1010 g/mol. The van der Waals surface area contributed by atoms with E-state index in [0.29, 0.717) is 19.3 Å². The number of unbranched alkanes of at least 4 members (excludes halogenated alkanes) is 28. The molecule has 0 aliphatic rings. The van der Waals surface area contributed by atoms with Gasteiger partial charge in [0.25, 0.3) is 0 Å². The number of carbonyl (C=O) groups is 3. The van der Waals surface area contributed by atoms with Gasteiger partial charge in [0, 0.05) is 19.3 Å². The lowest BCUT2D eigenvalue weighted by Crippen LogP contribution is -2.30. The van der Waals surface area contributed by atoms with Crippen molar-refractivity contribution >= 4 is 17.9 Å². The number of rotatable bonds is 55. The van der Waals surface area contributed by atoms with E-state index in [2.05, 4.69) is 118 Å². The van der Waals surface area contributed by atoms with Gasteiger partial charge in [-0.2, -0.15) is 0 Å². The van der Waals surface area contributed by atoms with Crippen molar-refractivity contribution in [3.63, 3.8) is 0 Å². The van der Waals surface area contributed by atoms with Gasteiger partial charge in [0.1, 0.15) is 13.2 Å². The highest BCUT2D eigenvalue weighted by atomic mass is 16.6. The van der Waals surface area contributed by atoms with Gasteiger partial charge in [0.2, 0.25) is 0 Å². The van der Waals surface area contributed by atoms with E-state index in [4.69, 9.17) is 14.2 Å². The molecule has 6 nitrogen and oxygen atoms in total. The van der Waals surface area contributed by atoms with Gasteiger partial charge >= 0.3 is 17.9 Å². The Bertz CT molecular complexity index is 1440. The minimum atomic E-state index is -0.792. The fourth-order valence-electron chi connectivity index (χ4n) is 8.44. The maximum Gasteiger partial charge on any atom is 0.306 e. The molecule has 0 fully saturated rings. The summed E-state index contributed by atoms with van der Waals surface area (Å²) in [6, 6.07) is 0. The fourth-order valence-corrected chi connectivity index (χ4v) is 8.44. The number of allylic oxidation sites excluding steroid dienone is 16. The molecule has 0 spiro atoms. The van der Waals surface area contributed by atoms with Crippen molar-refractivity contribution in [3.05, 3.63) is 97.2 Å². The summed E-state index contributed by atoms with van der Waals surface area (Å²) in [5.41, 5.74) is 0. The van der Waals surface area contributed by atoms with E-state index in [1.54, 1.807) is 0 Å². The fraction of sp³-hybridized carbons (Fsp3) is 0.716. The van der Waals surface area contributed by atoms with Crippen LogP contribution in [0.4, 0.5) is 0 Å². The molecule has 0 heterocycles. The second-order valence-electron chi connectivity index (χ2n) is 20.2. The van der Waals surface area contributed by atoms with Crippen LogP contribution in [0.5, 0.6) is 0 Å². The normalized spacial score (nSPS) is 12.8. The average molecular weight is 1020 g/mol. The Balaban J connectivity index is 4.40. The topological polar surface area (TPSA) is 78.9 Å². The predicted molar refractivity (Wildman–Crippen MR) is 316 cm³/mol. The molecule has 0 rings (SSSR count). The van der Waals surface area contributed by atoms with Gasteiger partial charge in [-0.3, -0.25) is 14.4 Å². The van der Waals surface area contributed by atoms with Gasteiger partial charge in [-0.25, -0.2) is 0 Å². The lowest BCUT2D eigenvalue weighted by molar-refractivity contribution is -0.167. The Morgan fingerprint density at radius 3 is 0.863 bits per heavy atom. The van der Waals surface area contributed by atoms with Gasteiger partial charge in [-0.1, -0.05) is 246 Å². The first-order valence-corrected chi connectivity index (χ1v) is 30.7. The molecule has 0 saturated carbocycles. The molecule has 6 heteroatoms. The van der Waals surface area contributed by atoms with Crippen LogP contribution in [0.25, 0.3) is 0 Å². The van der Waals surface area contributed by atoms with Crippen LogP contribution in [0.15, 0.2) is 97.2 Å². The first-order chi connectivity index (χ1) is 36.0. The minimum absolute atomic E-state index is 0.0884. The smallest absolute Gasteiger partial charge is 0.306 e. The predicted octanol–water partition coefficient (Wildman–Crippen LogP) is 20.9. The molecule has 0 aromatic carbocycles. The summed E-state index contributed by atoms with van der Waals surface area (Å²) in [4.78, 5) is 38.3. The zero-order valence-corrected chi connectivity index (χ0v) is 47.9. The Kier molecular flexibility index (Phi) is 57.8. The summed E-state index contributed by atoms with van der Waals surface area (Å²) in [7, 11) is 0. The maximum absolute atomic E-state index is 12.9. The van der Waals surface area contributed by atoms with E-state index < -0.39 is 6.10 Å². The van der Waals surface area contributed by atoms with Crippen LogP contribution in [0.1, 0.15) is 290 Å². The maximum atomic E-state index is 12.9. The van der Waals surface area contributed by atoms with Crippen molar-refractivity contribution in [1.29, 1.82) is 0 Å². The van der Waals surface area contributed by atoms with E-state index in [1.807, 2.05) is 0 Å². The van der Waals surface area contributed by atoms with Gasteiger partial charge in [0.05, 0.1) is 0 Å². The van der Waals surface area contributed by atoms with Gasteiger partial charge in [-0.05, 0) is 122 Å². The standard InChI is InChI=1S/C67H114O6/c1-4-7-10-13-16-19-22-25-28-30-32-33-34-35-36-38-39-42-45-48-51-54-57-60-66(69)72-63-64(62-71-65(68)59-56-53-50-47-44-41-27-24-21-18-15-12-9-6-3)73-67(70)61-58-55-52-49-46-43-40-37-31-29-26-23-20-17-14-11-8-5-2/h7,10,16,19-20,23-25,27-29,31-33,35-36,64H,4-6,8-9,11-15,17-18,21-22,26,30,34,37-63H2,1-3H3/b10-7-,19-16-,23-20-,27-24-,28-25-,31-29-,33-32-,36-35-. The first-order valence-electron chi connectivity index (χ1n) is 30.7. The summed E-state index contributed by atoms with van der Waals surface area (Å²) < 4.78 is 16.9. The van der Waals surface area contributed by atoms with Crippen molar-refractivity contribution in [3.8, 4) is 0 Å². The summed E-state index contributed by atoms with van der Waals surface area (Å²) in [5.74, 6) is -0.908. The van der Waals surface area contributed by atoms with Crippen LogP contribution in [-0.4, -0.2) is 37.2 Å². The number of hydrogen-bond donors (Lipinski definition) is 0.